The summed E-state index contributed by atoms with van der Waals surface area (Å²) in [7, 11) is 6.21. The standard InChI is InChI=1S/C98H133N17O17/c1-60-17-13-12-14-18-61(2)79(124-8)51-74-26-20-66(7)98(123,132-74)89(119)93(121)114-31-16-15-19-76(114)94(122)130-81(52-80(125-9)62(3)46-65(6)87(118)88(127-11)86(117)64(5)45-60)63(4)47-67-22-27-78(82(49-67)126-10)129-83(116)29-23-69-53-101-96(102-54-69)111-37-33-109(34-38-111)41-43-128-44-42-110-35-39-112(40-36-110)97-103-55-73(56-104-97)92(120)113-32-30-70-48-68(21-24-72(70)58-113)57-115-91-84(90(99)105-59-106-91)85(108-115)71-25-28-77-75(50-71)107-95(100)131-77/h12-14,17-18,21,24-25,28,46,48,50,53-56,59-60,62-64,66-67,74,76,78-82,87-88,118,123H,15-16,19-20,22-23,26-27,29-45,47,49,51-52,57-58H2,1-11H3,(H2,100,107)(H2,99,105,106)/b14-12+,17-13+,61-18+,65-46+/t60-,62-,63-,64-,66-,67+,74+,76+,78-,79+,80-,81+,82-,87-,88+,98-/m1/s1. The molecule has 132 heavy (non-hydrogen) atoms. The lowest BCUT2D eigenvalue weighted by Gasteiger charge is -2.43. The number of hydrogen-bond donors (Lipinski definition) is 4. The number of nitrogens with zero attached hydrogens (tertiary/aromatic N) is 15. The molecule has 2 bridgehead atoms. The van der Waals surface area contributed by atoms with E-state index < -0.39 is 90.2 Å². The van der Waals surface area contributed by atoms with Crippen LogP contribution in [-0.2, 0) is 87.8 Å². The Bertz CT molecular complexity index is 5240. The smallest absolute Gasteiger partial charge is 0.329 e. The molecular formula is C98H133N17O17. The normalized spacial score (nSPS) is 28.7. The molecule has 2 aromatic carbocycles. The minimum Gasteiger partial charge on any atom is -0.460 e. The van der Waals surface area contributed by atoms with Crippen molar-refractivity contribution in [3.63, 3.8) is 0 Å². The predicted molar refractivity (Wildman–Crippen MR) is 496 cm³/mol. The van der Waals surface area contributed by atoms with E-state index >= 15 is 4.79 Å². The number of ketones is 2. The van der Waals surface area contributed by atoms with Crippen molar-refractivity contribution in [1.82, 2.24) is 64.3 Å². The van der Waals surface area contributed by atoms with E-state index in [-0.39, 0.29) is 73.2 Å². The maximum absolute atomic E-state index is 15.0. The van der Waals surface area contributed by atoms with Crippen molar-refractivity contribution in [3.05, 3.63) is 143 Å². The molecule has 34 nitrogen and oxygen atoms in total. The molecule has 7 aromatic rings. The van der Waals surface area contributed by atoms with Gasteiger partial charge in [0.2, 0.25) is 17.7 Å². The van der Waals surface area contributed by atoms with Crippen LogP contribution in [0.5, 0.6) is 0 Å². The fourth-order valence-electron chi connectivity index (χ4n) is 19.9. The molecule has 1 saturated carbocycles. The first-order chi connectivity index (χ1) is 63.6. The Labute approximate surface area is 772 Å². The van der Waals surface area contributed by atoms with E-state index in [1.165, 1.54) is 23.9 Å². The summed E-state index contributed by atoms with van der Waals surface area (Å²) in [6.45, 7) is 24.1. The number of piperidine rings is 1. The van der Waals surface area contributed by atoms with Crippen LogP contribution < -0.4 is 21.3 Å². The summed E-state index contributed by atoms with van der Waals surface area (Å²) in [6.07, 6.45) is 20.9. The summed E-state index contributed by atoms with van der Waals surface area (Å²) in [5.74, 6) is -6.17. The lowest BCUT2D eigenvalue weighted by molar-refractivity contribution is -0.265. The molecule has 34 heteroatoms. The maximum atomic E-state index is 15.0. The Morgan fingerprint density at radius 2 is 1.41 bits per heavy atom. The third-order valence-electron chi connectivity index (χ3n) is 27.9. The van der Waals surface area contributed by atoms with Crippen molar-refractivity contribution >= 4 is 81.2 Å². The highest BCUT2D eigenvalue weighted by atomic mass is 16.6. The maximum Gasteiger partial charge on any atom is 0.329 e. The average Bonchev–Trinajstić information content (AvgIpc) is 1.70. The van der Waals surface area contributed by atoms with Crippen LogP contribution in [0.2, 0.25) is 0 Å². The minimum absolute atomic E-state index is 0.00981. The number of carbonyl (C=O) groups is 6. The number of fused-ring (bicyclic) bond motifs is 6. The monoisotopic (exact) mass is 1820 g/mol. The Balaban J connectivity index is 0.504. The molecule has 2 amide bonds. The molecule has 5 aromatic heterocycles. The number of cyclic esters (lactones) is 1. The first-order valence-corrected chi connectivity index (χ1v) is 47.0. The fraction of sp³-hybridized carbons (Fsp3) is 0.592. The fourth-order valence-corrected chi connectivity index (χ4v) is 19.9. The Morgan fingerprint density at radius 1 is 0.697 bits per heavy atom. The zero-order chi connectivity index (χ0) is 93.4. The van der Waals surface area contributed by atoms with Gasteiger partial charge in [-0.3, -0.25) is 33.8 Å². The molecule has 7 aliphatic rings. The second kappa shape index (κ2) is 45.1. The second-order valence-electron chi connectivity index (χ2n) is 37.2. The quantitative estimate of drug-likeness (QED) is 0.0200. The number of aryl methyl sites for hydroxylation is 1. The summed E-state index contributed by atoms with van der Waals surface area (Å²) in [5, 5.41) is 29.7. The molecule has 0 radical (unpaired) electrons. The average molecular weight is 1820 g/mol. The molecular weight excluding hydrogens is 1690 g/mol. The zero-order valence-electron chi connectivity index (χ0n) is 78.3. The Kier molecular flexibility index (Phi) is 33.3. The van der Waals surface area contributed by atoms with Gasteiger partial charge in [0.15, 0.2) is 17.0 Å². The number of benzene rings is 2. The van der Waals surface area contributed by atoms with E-state index in [0.29, 0.717) is 167 Å². The third-order valence-corrected chi connectivity index (χ3v) is 27.9. The molecule has 4 saturated heterocycles. The minimum atomic E-state index is -2.46. The summed E-state index contributed by atoms with van der Waals surface area (Å²) >= 11 is 0. The topological polar surface area (TPSA) is 409 Å². The van der Waals surface area contributed by atoms with E-state index in [4.69, 9.17) is 68.8 Å². The summed E-state index contributed by atoms with van der Waals surface area (Å²) in [5.41, 5.74) is 21.4. The van der Waals surface area contributed by atoms with Gasteiger partial charge in [-0.2, -0.15) is 10.1 Å². The summed E-state index contributed by atoms with van der Waals surface area (Å²) < 4.78 is 56.6. The number of Topliss-reactive ketones (excluding diaryl/α,β-unsaturated/α-hetero) is 2. The second-order valence-corrected chi connectivity index (χ2v) is 37.2. The number of methoxy groups -OCH3 is 4. The van der Waals surface area contributed by atoms with Gasteiger partial charge in [-0.25, -0.2) is 39.4 Å². The zero-order valence-corrected chi connectivity index (χ0v) is 78.3. The number of piperazine rings is 2. The van der Waals surface area contributed by atoms with E-state index in [0.717, 1.165) is 93.3 Å². The number of nitrogen functional groups attached to an aromatic ring is 2. The molecule has 16 atom stereocenters. The highest BCUT2D eigenvalue weighted by Crippen LogP contribution is 2.41. The van der Waals surface area contributed by atoms with Crippen molar-refractivity contribution in [1.29, 1.82) is 0 Å². The number of allylic oxidation sites excluding steroid dienone is 5. The highest BCUT2D eigenvalue weighted by molar-refractivity contribution is 6.39. The van der Waals surface area contributed by atoms with E-state index in [1.54, 1.807) is 66.0 Å². The van der Waals surface area contributed by atoms with Gasteiger partial charge >= 0.3 is 11.9 Å². The van der Waals surface area contributed by atoms with Crippen molar-refractivity contribution in [3.8, 4) is 11.3 Å². The molecule has 14 rings (SSSR count). The predicted octanol–water partition coefficient (Wildman–Crippen LogP) is 9.71. The molecule has 0 unspecified atom stereocenters. The number of esters is 2. The van der Waals surface area contributed by atoms with E-state index in [9.17, 15) is 34.2 Å². The Morgan fingerprint density at radius 3 is 2.11 bits per heavy atom. The van der Waals surface area contributed by atoms with Crippen LogP contribution >= 0.6 is 0 Å². The number of aliphatic hydroxyl groups is 2. The van der Waals surface area contributed by atoms with Gasteiger partial charge in [0.25, 0.3) is 23.6 Å². The van der Waals surface area contributed by atoms with Crippen molar-refractivity contribution in [2.24, 2.45) is 35.5 Å². The van der Waals surface area contributed by atoms with Crippen LogP contribution in [0.1, 0.15) is 165 Å². The number of ether oxygens (including phenoxy) is 8. The number of amides is 2. The lowest BCUT2D eigenvalue weighted by Crippen LogP contribution is -2.61. The number of aliphatic hydroxyl groups excluding tert-OH is 1. The van der Waals surface area contributed by atoms with Gasteiger partial charge in [-0.05, 0) is 160 Å². The van der Waals surface area contributed by atoms with Gasteiger partial charge < -0.3 is 83.6 Å². The van der Waals surface area contributed by atoms with Crippen molar-refractivity contribution in [2.45, 2.75) is 219 Å². The first-order valence-electron chi connectivity index (χ1n) is 47.0. The van der Waals surface area contributed by atoms with Crippen LogP contribution in [-0.4, -0.2) is 291 Å². The Hall–Kier alpha value is -10.4. The van der Waals surface area contributed by atoms with Gasteiger partial charge in [0, 0.05) is 181 Å². The number of nitrogens with two attached hydrogens (primary N) is 2. The SMILES string of the molecule is CO[C@H]1C[C@@H]2CC[C@@H](C)[C@@](O)(O2)C(=O)C(=O)N2CCCC[C@H]2C(=O)O[C@H]([C@H](C)C[C@@H]2CC[C@@H](OC(=O)CCc3cnc(N4CCN(CCOCCN5CCN(c6ncc(C(=O)N7CCc8cc(Cn9nc(-c%10ccc%11oc(N)nc%11c%10)c%10c(N)ncnc%109)ccc8C7)cn6)CC5)CC4)nc3)[C@H](OC)C2)C[C@@H](OC)[C@H](C)/C=C(\C)[C@@H](O)[C@@H](OC)C(=O)[C@H](C)C[C@H](C)/C=C/C=C/C=C/1C. The van der Waals surface area contributed by atoms with E-state index in [2.05, 4.69) is 62.7 Å². The number of aromatic nitrogens is 9. The van der Waals surface area contributed by atoms with Gasteiger partial charge in [0.1, 0.15) is 53.8 Å². The van der Waals surface area contributed by atoms with Crippen molar-refractivity contribution in [2.75, 3.05) is 141 Å². The lowest BCUT2D eigenvalue weighted by atomic mass is 9.78. The molecule has 5 fully saturated rings. The third kappa shape index (κ3) is 23.8. The number of rotatable bonds is 23. The number of hydrogen-bond acceptors (Lipinski definition) is 31. The molecule has 1 aliphatic carbocycles. The van der Waals surface area contributed by atoms with Crippen LogP contribution in [0.4, 0.5) is 23.7 Å². The molecule has 0 spiro atoms. The van der Waals surface area contributed by atoms with Gasteiger partial charge in [-0.15, -0.1) is 0 Å². The molecule has 11 heterocycles. The number of anilines is 4. The van der Waals surface area contributed by atoms with Crippen molar-refractivity contribution < 1.29 is 81.3 Å². The number of carbonyl (C=O) groups excluding carboxylic acids is 6. The van der Waals surface area contributed by atoms with Crippen LogP contribution in [0.3, 0.4) is 0 Å². The van der Waals surface area contributed by atoms with Gasteiger partial charge in [-0.1, -0.05) is 89.3 Å². The van der Waals surface area contributed by atoms with Crippen LogP contribution in [0.25, 0.3) is 33.4 Å². The number of oxazole rings is 1. The first kappa shape index (κ1) is 97.6. The largest absolute Gasteiger partial charge is 0.460 e. The van der Waals surface area contributed by atoms with Gasteiger partial charge in [0.05, 0.1) is 55.1 Å². The summed E-state index contributed by atoms with van der Waals surface area (Å²) in [4.78, 5) is 130. The highest BCUT2D eigenvalue weighted by Gasteiger charge is 2.53. The molecule has 6 N–H and O–H groups in total. The van der Waals surface area contributed by atoms with Crippen LogP contribution in [0.15, 0.2) is 120 Å². The molecule has 712 valence electrons. The summed E-state index contributed by atoms with van der Waals surface area (Å²) in [6, 6.07) is 10.8. The molecule has 6 aliphatic heterocycles. The van der Waals surface area contributed by atoms with Crippen LogP contribution in [0, 0.1) is 35.5 Å². The van der Waals surface area contributed by atoms with E-state index in [1.807, 2.05) is 92.8 Å².